The Bertz CT molecular complexity index is 598. The molecule has 2 rings (SSSR count). The van der Waals surface area contributed by atoms with E-state index in [9.17, 15) is 4.39 Å². The average Bonchev–Trinajstić information content (AvgIpc) is 2.46. The van der Waals surface area contributed by atoms with Crippen molar-refractivity contribution in [3.63, 3.8) is 0 Å². The van der Waals surface area contributed by atoms with Crippen molar-refractivity contribution in [2.45, 2.75) is 19.5 Å². The van der Waals surface area contributed by atoms with E-state index in [1.54, 1.807) is 6.07 Å². The van der Waals surface area contributed by atoms with Crippen molar-refractivity contribution in [3.05, 3.63) is 70.0 Å². The number of hydrogen-bond donors (Lipinski definition) is 1. The summed E-state index contributed by atoms with van der Waals surface area (Å²) in [5.74, 6) is -0.209. The van der Waals surface area contributed by atoms with Crippen molar-refractivity contribution in [2.75, 3.05) is 13.6 Å². The van der Waals surface area contributed by atoms with Crippen LogP contribution in [0.15, 0.2) is 42.5 Å². The van der Waals surface area contributed by atoms with Gasteiger partial charge < -0.3 is 5.73 Å². The van der Waals surface area contributed by atoms with Crippen LogP contribution in [0.5, 0.6) is 0 Å². The van der Waals surface area contributed by atoms with Crippen LogP contribution in [-0.2, 0) is 6.54 Å². The third kappa shape index (κ3) is 4.03. The van der Waals surface area contributed by atoms with Crippen LogP contribution in [0.1, 0.15) is 22.7 Å². The van der Waals surface area contributed by atoms with Gasteiger partial charge in [0.25, 0.3) is 0 Å². The molecule has 112 valence electrons. The van der Waals surface area contributed by atoms with Crippen LogP contribution in [0.2, 0.25) is 5.02 Å². The lowest BCUT2D eigenvalue weighted by Gasteiger charge is -2.28. The van der Waals surface area contributed by atoms with E-state index in [1.165, 1.54) is 6.07 Å². The van der Waals surface area contributed by atoms with Crippen LogP contribution < -0.4 is 5.73 Å². The Hall–Kier alpha value is -1.42. The third-order valence-electron chi connectivity index (χ3n) is 3.61. The zero-order valence-electron chi connectivity index (χ0n) is 12.3. The molecule has 4 heteroatoms. The van der Waals surface area contributed by atoms with Gasteiger partial charge >= 0.3 is 0 Å². The molecule has 0 fully saturated rings. The summed E-state index contributed by atoms with van der Waals surface area (Å²) in [7, 11) is 1.95. The molecule has 0 spiro atoms. The zero-order chi connectivity index (χ0) is 15.4. The van der Waals surface area contributed by atoms with Crippen LogP contribution in [-0.4, -0.2) is 18.5 Å². The standard InChI is InChI=1S/C17H20ClFN2/c1-12-3-8-16(19)15(9-12)17(10-20)21(2)11-13-4-6-14(18)7-5-13/h3-9,17H,10-11,20H2,1-2H3. The van der Waals surface area contributed by atoms with Gasteiger partial charge in [0, 0.05) is 29.7 Å². The normalized spacial score (nSPS) is 12.7. The van der Waals surface area contributed by atoms with Crippen molar-refractivity contribution in [1.82, 2.24) is 4.90 Å². The number of nitrogens with zero attached hydrogens (tertiary/aromatic N) is 1. The van der Waals surface area contributed by atoms with Crippen LogP contribution in [0, 0.1) is 12.7 Å². The molecule has 0 aliphatic rings. The number of rotatable bonds is 5. The van der Waals surface area contributed by atoms with Gasteiger partial charge in [-0.1, -0.05) is 41.4 Å². The van der Waals surface area contributed by atoms with Gasteiger partial charge in [-0.2, -0.15) is 0 Å². The van der Waals surface area contributed by atoms with Crippen LogP contribution in [0.25, 0.3) is 0 Å². The van der Waals surface area contributed by atoms with Gasteiger partial charge in [0.05, 0.1) is 0 Å². The Morgan fingerprint density at radius 1 is 1.19 bits per heavy atom. The van der Waals surface area contributed by atoms with Gasteiger partial charge in [-0.05, 0) is 37.7 Å². The summed E-state index contributed by atoms with van der Waals surface area (Å²) >= 11 is 5.89. The number of hydrogen-bond acceptors (Lipinski definition) is 2. The molecule has 0 aliphatic heterocycles. The molecule has 2 N–H and O–H groups in total. The van der Waals surface area contributed by atoms with E-state index < -0.39 is 0 Å². The first-order valence-corrected chi connectivity index (χ1v) is 7.30. The molecular formula is C17H20ClFN2. The van der Waals surface area contributed by atoms with E-state index in [2.05, 4.69) is 4.90 Å². The van der Waals surface area contributed by atoms with Crippen LogP contribution in [0.3, 0.4) is 0 Å². The van der Waals surface area contributed by atoms with E-state index in [4.69, 9.17) is 17.3 Å². The van der Waals surface area contributed by atoms with Crippen molar-refractivity contribution >= 4 is 11.6 Å². The summed E-state index contributed by atoms with van der Waals surface area (Å²) in [4.78, 5) is 2.06. The predicted molar refractivity (Wildman–Crippen MR) is 85.9 cm³/mol. The highest BCUT2D eigenvalue weighted by Gasteiger charge is 2.19. The Balaban J connectivity index is 2.20. The van der Waals surface area contributed by atoms with Crippen molar-refractivity contribution in [2.24, 2.45) is 5.73 Å². The number of aryl methyl sites for hydroxylation is 1. The highest BCUT2D eigenvalue weighted by molar-refractivity contribution is 6.30. The molecule has 2 nitrogen and oxygen atoms in total. The fraction of sp³-hybridized carbons (Fsp3) is 0.294. The molecule has 2 aromatic carbocycles. The van der Waals surface area contributed by atoms with Gasteiger partial charge in [0.15, 0.2) is 0 Å². The van der Waals surface area contributed by atoms with Crippen molar-refractivity contribution in [1.29, 1.82) is 0 Å². The Kier molecular flexibility index (Phi) is 5.34. The molecule has 0 bridgehead atoms. The third-order valence-corrected chi connectivity index (χ3v) is 3.86. The minimum Gasteiger partial charge on any atom is -0.329 e. The molecule has 2 aromatic rings. The second kappa shape index (κ2) is 7.03. The minimum atomic E-state index is -0.209. The molecule has 1 atom stereocenters. The Labute approximate surface area is 130 Å². The predicted octanol–water partition coefficient (Wildman–Crippen LogP) is 3.92. The van der Waals surface area contributed by atoms with E-state index in [0.29, 0.717) is 23.7 Å². The minimum absolute atomic E-state index is 0.152. The summed E-state index contributed by atoms with van der Waals surface area (Å²) in [6, 6.07) is 12.6. The maximum atomic E-state index is 14.1. The largest absolute Gasteiger partial charge is 0.329 e. The number of halogens is 2. The first kappa shape index (κ1) is 16.0. The topological polar surface area (TPSA) is 29.3 Å². The molecule has 0 saturated carbocycles. The van der Waals surface area contributed by atoms with Gasteiger partial charge in [-0.3, -0.25) is 4.90 Å². The molecule has 0 radical (unpaired) electrons. The van der Waals surface area contributed by atoms with Gasteiger partial charge in [-0.15, -0.1) is 0 Å². The zero-order valence-corrected chi connectivity index (χ0v) is 13.1. The van der Waals surface area contributed by atoms with E-state index in [1.807, 2.05) is 44.3 Å². The maximum absolute atomic E-state index is 14.1. The smallest absolute Gasteiger partial charge is 0.128 e. The lowest BCUT2D eigenvalue weighted by Crippen LogP contribution is -2.31. The fourth-order valence-corrected chi connectivity index (χ4v) is 2.58. The summed E-state index contributed by atoms with van der Waals surface area (Å²) in [5, 5.41) is 0.710. The molecule has 0 aromatic heterocycles. The Morgan fingerprint density at radius 3 is 2.48 bits per heavy atom. The monoisotopic (exact) mass is 306 g/mol. The van der Waals surface area contributed by atoms with Gasteiger partial charge in [0.2, 0.25) is 0 Å². The molecular weight excluding hydrogens is 287 g/mol. The quantitative estimate of drug-likeness (QED) is 0.907. The molecule has 0 amide bonds. The molecule has 1 unspecified atom stereocenters. The Morgan fingerprint density at radius 2 is 1.86 bits per heavy atom. The van der Waals surface area contributed by atoms with Crippen LogP contribution in [0.4, 0.5) is 4.39 Å². The van der Waals surface area contributed by atoms with Gasteiger partial charge in [0.1, 0.15) is 5.82 Å². The fourth-order valence-electron chi connectivity index (χ4n) is 2.45. The first-order chi connectivity index (χ1) is 10.0. The molecule has 0 aliphatic carbocycles. The van der Waals surface area contributed by atoms with Crippen molar-refractivity contribution < 1.29 is 4.39 Å². The first-order valence-electron chi connectivity index (χ1n) is 6.92. The van der Waals surface area contributed by atoms with Gasteiger partial charge in [-0.25, -0.2) is 4.39 Å². The summed E-state index contributed by atoms with van der Waals surface area (Å²) in [6.07, 6.45) is 0. The summed E-state index contributed by atoms with van der Waals surface area (Å²) in [6.45, 7) is 3.01. The molecule has 21 heavy (non-hydrogen) atoms. The SMILES string of the molecule is Cc1ccc(F)c(C(CN)N(C)Cc2ccc(Cl)cc2)c1. The average molecular weight is 307 g/mol. The number of nitrogens with two attached hydrogens (primary N) is 1. The van der Waals surface area contributed by atoms with E-state index in [0.717, 1.165) is 11.1 Å². The summed E-state index contributed by atoms with van der Waals surface area (Å²) in [5.41, 5.74) is 8.67. The highest BCUT2D eigenvalue weighted by atomic mass is 35.5. The maximum Gasteiger partial charge on any atom is 0.128 e. The van der Waals surface area contributed by atoms with Crippen molar-refractivity contribution in [3.8, 4) is 0 Å². The highest BCUT2D eigenvalue weighted by Crippen LogP contribution is 2.24. The van der Waals surface area contributed by atoms with E-state index in [-0.39, 0.29) is 11.9 Å². The summed E-state index contributed by atoms with van der Waals surface area (Å²) < 4.78 is 14.1. The van der Waals surface area contributed by atoms with E-state index >= 15 is 0 Å². The molecule has 0 saturated heterocycles. The second-order valence-corrected chi connectivity index (χ2v) is 5.75. The molecule has 0 heterocycles. The van der Waals surface area contributed by atoms with Crippen LogP contribution >= 0.6 is 11.6 Å². The lowest BCUT2D eigenvalue weighted by molar-refractivity contribution is 0.236. The number of benzene rings is 2. The lowest BCUT2D eigenvalue weighted by atomic mass is 10.0. The number of likely N-dealkylation sites (N-methyl/N-ethyl adjacent to an activating group) is 1. The second-order valence-electron chi connectivity index (χ2n) is 5.32.